The van der Waals surface area contributed by atoms with Crippen molar-refractivity contribution in [2.24, 2.45) is 0 Å². The van der Waals surface area contributed by atoms with E-state index in [1.54, 1.807) is 18.5 Å². The van der Waals surface area contributed by atoms with Gasteiger partial charge in [0.2, 0.25) is 0 Å². The summed E-state index contributed by atoms with van der Waals surface area (Å²) in [5.74, 6) is 0.857. The van der Waals surface area contributed by atoms with Crippen LogP contribution in [0.3, 0.4) is 0 Å². The first-order valence-corrected chi connectivity index (χ1v) is 8.91. The van der Waals surface area contributed by atoms with Crippen LogP contribution in [0.1, 0.15) is 30.0 Å². The van der Waals surface area contributed by atoms with Gasteiger partial charge in [-0.3, -0.25) is 19.7 Å². The Morgan fingerprint density at radius 2 is 2.04 bits per heavy atom. The summed E-state index contributed by atoms with van der Waals surface area (Å²) in [6.45, 7) is 2.88. The number of likely N-dealkylation sites (tertiary alicyclic amines) is 1. The quantitative estimate of drug-likeness (QED) is 0.785. The average Bonchev–Trinajstić information content (AvgIpc) is 2.69. The zero-order valence-electron chi connectivity index (χ0n) is 14.5. The Labute approximate surface area is 152 Å². The Bertz CT molecular complexity index is 910. The second-order valence-electron chi connectivity index (χ2n) is 6.69. The third kappa shape index (κ3) is 3.86. The molecule has 3 aromatic heterocycles. The van der Waals surface area contributed by atoms with Crippen LogP contribution in [0.2, 0.25) is 0 Å². The van der Waals surface area contributed by atoms with Crippen molar-refractivity contribution in [3.8, 4) is 11.4 Å². The minimum absolute atomic E-state index is 0.111. The van der Waals surface area contributed by atoms with Crippen LogP contribution in [0.4, 0.5) is 0 Å². The van der Waals surface area contributed by atoms with E-state index in [0.29, 0.717) is 5.82 Å². The standard InChI is InChI=1S/C20H21N5O/c26-19-11-18(23-20(24-19)16-3-1-7-22-12-16)17-4-2-10-25(14-17)13-15-5-8-21-9-6-15/h1,3,5-9,11-12,17H,2,4,10,13-14H2,(H,23,24,26)/t17-/m0/s1. The van der Waals surface area contributed by atoms with Crippen molar-refractivity contribution in [3.05, 3.63) is 76.7 Å². The molecule has 0 unspecified atom stereocenters. The van der Waals surface area contributed by atoms with Crippen LogP contribution in [0.15, 0.2) is 59.9 Å². The topological polar surface area (TPSA) is 74.8 Å². The largest absolute Gasteiger partial charge is 0.306 e. The van der Waals surface area contributed by atoms with Crippen molar-refractivity contribution in [3.63, 3.8) is 0 Å². The summed E-state index contributed by atoms with van der Waals surface area (Å²) in [7, 11) is 0. The molecule has 6 nitrogen and oxygen atoms in total. The maximum absolute atomic E-state index is 12.2. The summed E-state index contributed by atoms with van der Waals surface area (Å²) in [4.78, 5) is 30.3. The first kappa shape index (κ1) is 16.6. The molecule has 4 rings (SSSR count). The molecule has 1 fully saturated rings. The molecule has 132 valence electrons. The number of aromatic nitrogens is 4. The van der Waals surface area contributed by atoms with Gasteiger partial charge in [0, 0.05) is 55.4 Å². The number of aromatic amines is 1. The fourth-order valence-electron chi connectivity index (χ4n) is 3.51. The number of rotatable bonds is 4. The number of hydrogen-bond acceptors (Lipinski definition) is 5. The van der Waals surface area contributed by atoms with E-state index in [4.69, 9.17) is 4.98 Å². The summed E-state index contributed by atoms with van der Waals surface area (Å²) < 4.78 is 0. The average molecular weight is 347 g/mol. The molecule has 0 bridgehead atoms. The Balaban J connectivity index is 1.55. The molecular weight excluding hydrogens is 326 g/mol. The highest BCUT2D eigenvalue weighted by atomic mass is 16.1. The van der Waals surface area contributed by atoms with Gasteiger partial charge in [0.05, 0.1) is 5.69 Å². The van der Waals surface area contributed by atoms with Crippen LogP contribution in [-0.2, 0) is 6.54 Å². The lowest BCUT2D eigenvalue weighted by molar-refractivity contribution is 0.198. The van der Waals surface area contributed by atoms with Gasteiger partial charge in [0.1, 0.15) is 5.82 Å². The highest BCUT2D eigenvalue weighted by molar-refractivity contribution is 5.52. The monoisotopic (exact) mass is 347 g/mol. The number of H-pyrrole nitrogens is 1. The first-order chi connectivity index (χ1) is 12.8. The van der Waals surface area contributed by atoms with Crippen LogP contribution in [-0.4, -0.2) is 37.9 Å². The van der Waals surface area contributed by atoms with Crippen LogP contribution < -0.4 is 5.56 Å². The van der Waals surface area contributed by atoms with Gasteiger partial charge in [-0.1, -0.05) is 0 Å². The minimum atomic E-state index is -0.111. The van der Waals surface area contributed by atoms with Gasteiger partial charge in [0.15, 0.2) is 0 Å². The zero-order chi connectivity index (χ0) is 17.8. The minimum Gasteiger partial charge on any atom is -0.306 e. The summed E-state index contributed by atoms with van der Waals surface area (Å²) >= 11 is 0. The maximum Gasteiger partial charge on any atom is 0.251 e. The van der Waals surface area contributed by atoms with Gasteiger partial charge in [-0.15, -0.1) is 0 Å². The molecule has 26 heavy (non-hydrogen) atoms. The molecule has 1 atom stereocenters. The van der Waals surface area contributed by atoms with Crippen LogP contribution in [0.5, 0.6) is 0 Å². The van der Waals surface area contributed by atoms with Gasteiger partial charge in [-0.2, -0.15) is 0 Å². The van der Waals surface area contributed by atoms with E-state index in [9.17, 15) is 4.79 Å². The molecule has 0 amide bonds. The Morgan fingerprint density at radius 1 is 1.15 bits per heavy atom. The van der Waals surface area contributed by atoms with Gasteiger partial charge >= 0.3 is 0 Å². The molecular formula is C20H21N5O. The van der Waals surface area contributed by atoms with Crippen molar-refractivity contribution >= 4 is 0 Å². The second kappa shape index (κ2) is 7.58. The van der Waals surface area contributed by atoms with E-state index in [0.717, 1.165) is 43.7 Å². The summed E-state index contributed by atoms with van der Waals surface area (Å²) in [5, 5.41) is 0. The van der Waals surface area contributed by atoms with E-state index < -0.39 is 0 Å². The number of pyridine rings is 2. The van der Waals surface area contributed by atoms with E-state index in [-0.39, 0.29) is 11.5 Å². The van der Waals surface area contributed by atoms with Gasteiger partial charge in [0.25, 0.3) is 5.56 Å². The van der Waals surface area contributed by atoms with E-state index in [1.807, 2.05) is 24.5 Å². The van der Waals surface area contributed by atoms with Crippen LogP contribution in [0.25, 0.3) is 11.4 Å². The molecule has 4 heterocycles. The summed E-state index contributed by atoms with van der Waals surface area (Å²) in [6.07, 6.45) is 9.24. The number of nitrogens with one attached hydrogen (secondary N) is 1. The van der Waals surface area contributed by atoms with E-state index in [1.165, 1.54) is 5.56 Å². The molecule has 0 radical (unpaired) electrons. The predicted molar refractivity (Wildman–Crippen MR) is 99.6 cm³/mol. The summed E-state index contributed by atoms with van der Waals surface area (Å²) in [5.41, 5.74) is 2.85. The molecule has 1 saturated heterocycles. The molecule has 6 heteroatoms. The Kier molecular flexibility index (Phi) is 4.84. The van der Waals surface area contributed by atoms with Crippen molar-refractivity contribution in [1.29, 1.82) is 0 Å². The normalized spacial score (nSPS) is 17.9. The lowest BCUT2D eigenvalue weighted by Gasteiger charge is -2.32. The predicted octanol–water partition coefficient (Wildman–Crippen LogP) is 2.61. The number of hydrogen-bond donors (Lipinski definition) is 1. The first-order valence-electron chi connectivity index (χ1n) is 8.91. The highest BCUT2D eigenvalue weighted by Crippen LogP contribution is 2.27. The Morgan fingerprint density at radius 3 is 2.85 bits per heavy atom. The molecule has 0 aromatic carbocycles. The van der Waals surface area contributed by atoms with Crippen molar-refractivity contribution in [2.45, 2.75) is 25.3 Å². The Hall–Kier alpha value is -2.86. The third-order valence-corrected chi connectivity index (χ3v) is 4.78. The number of piperidine rings is 1. The zero-order valence-corrected chi connectivity index (χ0v) is 14.5. The number of nitrogens with zero attached hydrogens (tertiary/aromatic N) is 4. The second-order valence-corrected chi connectivity index (χ2v) is 6.69. The van der Waals surface area contributed by atoms with E-state index in [2.05, 4.69) is 32.0 Å². The van der Waals surface area contributed by atoms with Crippen molar-refractivity contribution in [1.82, 2.24) is 24.8 Å². The van der Waals surface area contributed by atoms with Crippen LogP contribution in [0, 0.1) is 0 Å². The fourth-order valence-corrected chi connectivity index (χ4v) is 3.51. The van der Waals surface area contributed by atoms with Gasteiger partial charge < -0.3 is 4.98 Å². The van der Waals surface area contributed by atoms with Crippen molar-refractivity contribution in [2.75, 3.05) is 13.1 Å². The van der Waals surface area contributed by atoms with Crippen LogP contribution >= 0.6 is 0 Å². The lowest BCUT2D eigenvalue weighted by Crippen LogP contribution is -2.34. The summed E-state index contributed by atoms with van der Waals surface area (Å²) in [6, 6.07) is 9.50. The fraction of sp³-hybridized carbons (Fsp3) is 0.300. The lowest BCUT2D eigenvalue weighted by atomic mass is 9.94. The third-order valence-electron chi connectivity index (χ3n) is 4.78. The SMILES string of the molecule is O=c1cc([C@H]2CCCN(Cc3ccncc3)C2)nc(-c2cccnc2)[nH]1. The van der Waals surface area contributed by atoms with E-state index >= 15 is 0 Å². The molecule has 0 spiro atoms. The van der Waals surface area contributed by atoms with Gasteiger partial charge in [-0.05, 0) is 49.2 Å². The maximum atomic E-state index is 12.2. The molecule has 1 aliphatic heterocycles. The molecule has 3 aromatic rings. The molecule has 0 aliphatic carbocycles. The smallest absolute Gasteiger partial charge is 0.251 e. The molecule has 1 N–H and O–H groups in total. The molecule has 0 saturated carbocycles. The molecule has 1 aliphatic rings. The van der Waals surface area contributed by atoms with Gasteiger partial charge in [-0.25, -0.2) is 4.98 Å². The highest BCUT2D eigenvalue weighted by Gasteiger charge is 2.23. The van der Waals surface area contributed by atoms with Crippen molar-refractivity contribution < 1.29 is 0 Å².